The van der Waals surface area contributed by atoms with Crippen LogP contribution in [0, 0.1) is 0 Å². The van der Waals surface area contributed by atoms with Crippen molar-refractivity contribution < 1.29 is 14.3 Å². The fourth-order valence-electron chi connectivity index (χ4n) is 1.52. The Bertz CT molecular complexity index is 540. The second-order valence-corrected chi connectivity index (χ2v) is 4.02. The molecule has 6 heteroatoms. The van der Waals surface area contributed by atoms with E-state index in [1.54, 1.807) is 25.1 Å². The molecule has 1 amide bonds. The van der Waals surface area contributed by atoms with E-state index in [2.05, 4.69) is 10.6 Å². The van der Waals surface area contributed by atoms with Gasteiger partial charge in [0.2, 0.25) is 0 Å². The molecule has 1 aromatic rings. The highest BCUT2D eigenvalue weighted by atomic mass is 35.5. The van der Waals surface area contributed by atoms with E-state index in [1.165, 1.54) is 0 Å². The first-order chi connectivity index (χ1) is 8.60. The van der Waals surface area contributed by atoms with Gasteiger partial charge in [0.25, 0.3) is 5.91 Å². The van der Waals surface area contributed by atoms with Crippen LogP contribution in [0.2, 0.25) is 5.02 Å². The van der Waals surface area contributed by atoms with Crippen LogP contribution in [0.3, 0.4) is 0 Å². The summed E-state index contributed by atoms with van der Waals surface area (Å²) < 4.78 is 4.74. The minimum absolute atomic E-state index is 0.142. The zero-order valence-electron chi connectivity index (χ0n) is 9.62. The SMILES string of the molecule is CCOC(=O)/C=C1\Nc2ccc(Cl)cc2NC1=O. The highest BCUT2D eigenvalue weighted by molar-refractivity contribution is 6.31. The van der Waals surface area contributed by atoms with Gasteiger partial charge in [-0.15, -0.1) is 0 Å². The molecule has 1 heterocycles. The lowest BCUT2D eigenvalue weighted by molar-refractivity contribution is -0.137. The molecule has 0 saturated heterocycles. The average molecular weight is 267 g/mol. The average Bonchev–Trinajstić information content (AvgIpc) is 2.31. The van der Waals surface area contributed by atoms with Crippen molar-refractivity contribution >= 4 is 34.9 Å². The quantitative estimate of drug-likeness (QED) is 0.636. The number of ether oxygens (including phenoxy) is 1. The molecule has 1 aliphatic rings. The lowest BCUT2D eigenvalue weighted by Crippen LogP contribution is -2.26. The van der Waals surface area contributed by atoms with E-state index < -0.39 is 11.9 Å². The molecule has 0 atom stereocenters. The summed E-state index contributed by atoms with van der Waals surface area (Å²) in [5.41, 5.74) is 1.39. The van der Waals surface area contributed by atoms with E-state index in [4.69, 9.17) is 16.3 Å². The maximum atomic E-state index is 11.7. The van der Waals surface area contributed by atoms with Crippen molar-refractivity contribution in [2.75, 3.05) is 17.2 Å². The summed E-state index contributed by atoms with van der Waals surface area (Å²) in [4.78, 5) is 23.0. The summed E-state index contributed by atoms with van der Waals surface area (Å²) >= 11 is 5.82. The summed E-state index contributed by atoms with van der Waals surface area (Å²) in [5, 5.41) is 6.01. The molecular formula is C12H11ClN2O3. The number of carbonyl (C=O) groups is 2. The van der Waals surface area contributed by atoms with E-state index in [-0.39, 0.29) is 12.3 Å². The molecule has 5 nitrogen and oxygen atoms in total. The number of benzene rings is 1. The third-order valence-corrected chi connectivity index (χ3v) is 2.53. The normalized spacial score (nSPS) is 15.7. The fourth-order valence-corrected chi connectivity index (χ4v) is 1.70. The maximum Gasteiger partial charge on any atom is 0.333 e. The number of nitrogens with one attached hydrogen (secondary N) is 2. The van der Waals surface area contributed by atoms with Crippen molar-refractivity contribution in [2.24, 2.45) is 0 Å². The molecule has 0 saturated carbocycles. The van der Waals surface area contributed by atoms with E-state index in [9.17, 15) is 9.59 Å². The number of anilines is 2. The van der Waals surface area contributed by atoms with E-state index in [0.717, 1.165) is 6.08 Å². The molecule has 1 aromatic carbocycles. The highest BCUT2D eigenvalue weighted by Gasteiger charge is 2.20. The monoisotopic (exact) mass is 266 g/mol. The number of esters is 1. The number of carbonyl (C=O) groups excluding carboxylic acids is 2. The Kier molecular flexibility index (Phi) is 3.53. The molecule has 94 valence electrons. The van der Waals surface area contributed by atoms with Crippen LogP contribution >= 0.6 is 11.6 Å². The summed E-state index contributed by atoms with van der Waals surface area (Å²) in [6.07, 6.45) is 1.12. The molecule has 2 N–H and O–H groups in total. The van der Waals surface area contributed by atoms with Gasteiger partial charge >= 0.3 is 5.97 Å². The van der Waals surface area contributed by atoms with Crippen LogP contribution < -0.4 is 10.6 Å². The number of hydrogen-bond acceptors (Lipinski definition) is 4. The predicted molar refractivity (Wildman–Crippen MR) is 68.4 cm³/mol. The van der Waals surface area contributed by atoms with Crippen LogP contribution in [0.25, 0.3) is 0 Å². The fraction of sp³-hybridized carbons (Fsp3) is 0.167. The summed E-state index contributed by atoms with van der Waals surface area (Å²) in [7, 11) is 0. The first kappa shape index (κ1) is 12.4. The first-order valence-corrected chi connectivity index (χ1v) is 5.74. The third-order valence-electron chi connectivity index (χ3n) is 2.29. The molecule has 0 aromatic heterocycles. The molecule has 0 radical (unpaired) electrons. The van der Waals surface area contributed by atoms with Crippen molar-refractivity contribution in [3.8, 4) is 0 Å². The van der Waals surface area contributed by atoms with Gasteiger partial charge in [0.1, 0.15) is 5.70 Å². The molecular weight excluding hydrogens is 256 g/mol. The molecule has 0 fully saturated rings. The minimum atomic E-state index is -0.562. The zero-order valence-corrected chi connectivity index (χ0v) is 10.4. The topological polar surface area (TPSA) is 67.4 Å². The van der Waals surface area contributed by atoms with Gasteiger partial charge in [-0.25, -0.2) is 4.79 Å². The third kappa shape index (κ3) is 2.62. The Balaban J connectivity index is 2.26. The van der Waals surface area contributed by atoms with Gasteiger partial charge in [0.15, 0.2) is 0 Å². The molecule has 18 heavy (non-hydrogen) atoms. The van der Waals surface area contributed by atoms with E-state index in [0.29, 0.717) is 16.4 Å². The number of hydrogen-bond donors (Lipinski definition) is 2. The van der Waals surface area contributed by atoms with Crippen molar-refractivity contribution in [1.82, 2.24) is 0 Å². The smallest absolute Gasteiger partial charge is 0.333 e. The number of halogens is 1. The van der Waals surface area contributed by atoms with Crippen LogP contribution in [0.4, 0.5) is 11.4 Å². The maximum absolute atomic E-state index is 11.7. The van der Waals surface area contributed by atoms with Gasteiger partial charge in [-0.1, -0.05) is 11.6 Å². The van der Waals surface area contributed by atoms with E-state index >= 15 is 0 Å². The molecule has 0 bridgehead atoms. The Morgan fingerprint density at radius 3 is 2.89 bits per heavy atom. The lowest BCUT2D eigenvalue weighted by atomic mass is 10.2. The van der Waals surface area contributed by atoms with Gasteiger partial charge in [-0.05, 0) is 25.1 Å². The van der Waals surface area contributed by atoms with Gasteiger partial charge in [-0.2, -0.15) is 0 Å². The van der Waals surface area contributed by atoms with Crippen LogP contribution in [-0.2, 0) is 14.3 Å². The zero-order chi connectivity index (χ0) is 13.1. The lowest BCUT2D eigenvalue weighted by Gasteiger charge is -2.20. The molecule has 0 aliphatic carbocycles. The Morgan fingerprint density at radius 1 is 1.39 bits per heavy atom. The summed E-state index contributed by atoms with van der Waals surface area (Å²) in [5.74, 6) is -0.967. The van der Waals surface area contributed by atoms with Gasteiger partial charge in [-0.3, -0.25) is 4.79 Å². The Morgan fingerprint density at radius 2 is 2.17 bits per heavy atom. The first-order valence-electron chi connectivity index (χ1n) is 5.36. The molecule has 0 unspecified atom stereocenters. The minimum Gasteiger partial charge on any atom is -0.463 e. The summed E-state index contributed by atoms with van der Waals surface area (Å²) in [6, 6.07) is 5.03. The summed E-state index contributed by atoms with van der Waals surface area (Å²) in [6.45, 7) is 1.96. The van der Waals surface area contributed by atoms with Crippen molar-refractivity contribution in [3.63, 3.8) is 0 Å². The highest BCUT2D eigenvalue weighted by Crippen LogP contribution is 2.30. The van der Waals surface area contributed by atoms with Crippen LogP contribution in [0.15, 0.2) is 30.0 Å². The number of amides is 1. The number of rotatable bonds is 2. The molecule has 0 spiro atoms. The van der Waals surface area contributed by atoms with Crippen molar-refractivity contribution in [2.45, 2.75) is 6.92 Å². The van der Waals surface area contributed by atoms with Gasteiger partial charge in [0.05, 0.1) is 24.1 Å². The van der Waals surface area contributed by atoms with Crippen LogP contribution in [0.1, 0.15) is 6.92 Å². The van der Waals surface area contributed by atoms with Crippen molar-refractivity contribution in [3.05, 3.63) is 35.0 Å². The van der Waals surface area contributed by atoms with E-state index in [1.807, 2.05) is 0 Å². The van der Waals surface area contributed by atoms with Crippen molar-refractivity contribution in [1.29, 1.82) is 0 Å². The van der Waals surface area contributed by atoms with Crippen LogP contribution in [0.5, 0.6) is 0 Å². The Labute approximate surface area is 109 Å². The van der Waals surface area contributed by atoms with Gasteiger partial charge < -0.3 is 15.4 Å². The number of fused-ring (bicyclic) bond motifs is 1. The standard InChI is InChI=1S/C12H11ClN2O3/c1-2-18-11(16)6-10-12(17)15-9-5-7(13)3-4-8(9)14-10/h3-6,14H,2H2,1H3,(H,15,17)/b10-6-. The second kappa shape index (κ2) is 5.10. The Hall–Kier alpha value is -2.01. The van der Waals surface area contributed by atoms with Crippen LogP contribution in [-0.4, -0.2) is 18.5 Å². The largest absolute Gasteiger partial charge is 0.463 e. The predicted octanol–water partition coefficient (Wildman–Crippen LogP) is 2.15. The molecule has 1 aliphatic heterocycles. The van der Waals surface area contributed by atoms with Gasteiger partial charge in [0, 0.05) is 5.02 Å². The molecule has 2 rings (SSSR count). The second-order valence-electron chi connectivity index (χ2n) is 3.58.